The monoisotopic (exact) mass is 363 g/mol. The molecule has 0 atom stereocenters. The van der Waals surface area contributed by atoms with E-state index in [1.807, 2.05) is 25.1 Å². The first-order valence-corrected chi connectivity index (χ1v) is 7.42. The van der Waals surface area contributed by atoms with Crippen molar-refractivity contribution in [2.45, 2.75) is 6.92 Å². The molecule has 0 bridgehead atoms. The molecular formula is C15H11BrClN3O. The van der Waals surface area contributed by atoms with Crippen LogP contribution in [-0.2, 0) is 0 Å². The number of nitrogens with zero attached hydrogens (tertiary/aromatic N) is 1. The van der Waals surface area contributed by atoms with Crippen LogP contribution in [0.2, 0.25) is 5.02 Å². The lowest BCUT2D eigenvalue weighted by molar-refractivity contribution is 0.102. The van der Waals surface area contributed by atoms with Crippen molar-refractivity contribution in [3.05, 3.63) is 57.3 Å². The van der Waals surface area contributed by atoms with Gasteiger partial charge in [-0.3, -0.25) is 4.79 Å². The number of aromatic nitrogens is 2. The lowest BCUT2D eigenvalue weighted by Gasteiger charge is -2.06. The Kier molecular flexibility index (Phi) is 3.69. The lowest BCUT2D eigenvalue weighted by atomic mass is 10.2. The summed E-state index contributed by atoms with van der Waals surface area (Å²) in [7, 11) is 0. The molecule has 0 fully saturated rings. The molecule has 0 saturated carbocycles. The lowest BCUT2D eigenvalue weighted by Crippen LogP contribution is -2.11. The van der Waals surface area contributed by atoms with Crippen LogP contribution >= 0.6 is 27.5 Å². The van der Waals surface area contributed by atoms with Crippen molar-refractivity contribution in [1.82, 2.24) is 9.97 Å². The highest BCUT2D eigenvalue weighted by Crippen LogP contribution is 2.22. The third kappa shape index (κ3) is 3.09. The normalized spacial score (nSPS) is 10.8. The number of rotatable bonds is 2. The number of hydrogen-bond acceptors (Lipinski definition) is 2. The largest absolute Gasteiger partial charge is 0.342 e. The third-order valence-corrected chi connectivity index (χ3v) is 3.66. The Balaban J connectivity index is 1.88. The molecule has 3 aromatic rings. The molecule has 0 radical (unpaired) electrons. The summed E-state index contributed by atoms with van der Waals surface area (Å²) in [5, 5.41) is 3.36. The van der Waals surface area contributed by atoms with Crippen LogP contribution in [0.3, 0.4) is 0 Å². The van der Waals surface area contributed by atoms with Gasteiger partial charge in [0.2, 0.25) is 0 Å². The van der Waals surface area contributed by atoms with Crippen molar-refractivity contribution in [2.75, 3.05) is 5.32 Å². The van der Waals surface area contributed by atoms with Crippen molar-refractivity contribution in [3.63, 3.8) is 0 Å². The highest BCUT2D eigenvalue weighted by Gasteiger charge is 2.09. The van der Waals surface area contributed by atoms with Gasteiger partial charge in [-0.1, -0.05) is 27.5 Å². The molecule has 0 aliphatic carbocycles. The summed E-state index contributed by atoms with van der Waals surface area (Å²) in [6, 6.07) is 10.6. The molecule has 4 nitrogen and oxygen atoms in total. The molecule has 0 spiro atoms. The summed E-state index contributed by atoms with van der Waals surface area (Å²) < 4.78 is 0.764. The standard InChI is InChI=1S/C15H11BrClN3O/c1-8-18-13-3-2-12(7-14(13)19-8)20-15(21)9-4-10(16)6-11(17)5-9/h2-7H,1H3,(H,18,19)(H,20,21). The highest BCUT2D eigenvalue weighted by atomic mass is 79.9. The van der Waals surface area contributed by atoms with E-state index < -0.39 is 0 Å². The Labute approximate surface area is 134 Å². The minimum absolute atomic E-state index is 0.214. The number of carbonyl (C=O) groups is 1. The number of nitrogens with one attached hydrogen (secondary N) is 2. The maximum Gasteiger partial charge on any atom is 0.255 e. The van der Waals surface area contributed by atoms with Crippen molar-refractivity contribution in [2.24, 2.45) is 0 Å². The van der Waals surface area contributed by atoms with E-state index in [1.54, 1.807) is 18.2 Å². The summed E-state index contributed by atoms with van der Waals surface area (Å²) >= 11 is 9.28. The van der Waals surface area contributed by atoms with Gasteiger partial charge in [0.25, 0.3) is 5.91 Å². The number of anilines is 1. The molecule has 21 heavy (non-hydrogen) atoms. The zero-order valence-corrected chi connectivity index (χ0v) is 13.4. The predicted molar refractivity (Wildman–Crippen MR) is 87.9 cm³/mol. The fraction of sp³-hybridized carbons (Fsp3) is 0.0667. The van der Waals surface area contributed by atoms with Crippen LogP contribution in [0.5, 0.6) is 0 Å². The quantitative estimate of drug-likeness (QED) is 0.701. The average molecular weight is 365 g/mol. The zero-order valence-electron chi connectivity index (χ0n) is 11.1. The predicted octanol–water partition coefficient (Wildman–Crippen LogP) is 4.54. The van der Waals surface area contributed by atoms with E-state index in [-0.39, 0.29) is 5.91 Å². The number of imidazole rings is 1. The number of aryl methyl sites for hydroxylation is 1. The fourth-order valence-corrected chi connectivity index (χ4v) is 2.96. The van der Waals surface area contributed by atoms with E-state index in [9.17, 15) is 4.79 Å². The van der Waals surface area contributed by atoms with Gasteiger partial charge < -0.3 is 10.3 Å². The Bertz CT molecular complexity index is 824. The van der Waals surface area contributed by atoms with E-state index in [0.29, 0.717) is 16.3 Å². The first-order chi connectivity index (χ1) is 10.0. The van der Waals surface area contributed by atoms with Gasteiger partial charge in [-0.15, -0.1) is 0 Å². The fourth-order valence-electron chi connectivity index (χ4n) is 2.10. The summed E-state index contributed by atoms with van der Waals surface area (Å²) in [5.74, 6) is 0.626. The number of H-pyrrole nitrogens is 1. The second-order valence-corrected chi connectivity index (χ2v) is 6.02. The SMILES string of the molecule is Cc1nc2ccc(NC(=O)c3cc(Cl)cc(Br)c3)cc2[nH]1. The first-order valence-electron chi connectivity index (χ1n) is 6.25. The van der Waals surface area contributed by atoms with Crippen LogP contribution in [0.15, 0.2) is 40.9 Å². The van der Waals surface area contributed by atoms with Crippen LogP contribution in [0, 0.1) is 6.92 Å². The minimum atomic E-state index is -0.214. The molecule has 0 aliphatic rings. The maximum absolute atomic E-state index is 12.2. The molecule has 106 valence electrons. The minimum Gasteiger partial charge on any atom is -0.342 e. The van der Waals surface area contributed by atoms with E-state index in [1.165, 1.54) is 0 Å². The van der Waals surface area contributed by atoms with Crippen molar-refractivity contribution >= 4 is 50.2 Å². The number of aromatic amines is 1. The van der Waals surface area contributed by atoms with E-state index in [4.69, 9.17) is 11.6 Å². The second-order valence-electron chi connectivity index (χ2n) is 4.67. The summed E-state index contributed by atoms with van der Waals surface area (Å²) in [5.41, 5.74) is 2.95. The number of halogens is 2. The van der Waals surface area contributed by atoms with Gasteiger partial charge in [-0.05, 0) is 43.3 Å². The topological polar surface area (TPSA) is 57.8 Å². The summed E-state index contributed by atoms with van der Waals surface area (Å²) in [6.07, 6.45) is 0. The number of hydrogen-bond donors (Lipinski definition) is 2. The molecule has 1 heterocycles. The van der Waals surface area contributed by atoms with Crippen molar-refractivity contribution < 1.29 is 4.79 Å². The third-order valence-electron chi connectivity index (χ3n) is 2.98. The van der Waals surface area contributed by atoms with E-state index in [0.717, 1.165) is 21.3 Å². The Hall–Kier alpha value is -1.85. The summed E-state index contributed by atoms with van der Waals surface area (Å²) in [4.78, 5) is 19.7. The van der Waals surface area contributed by atoms with Gasteiger partial charge >= 0.3 is 0 Å². The van der Waals surface area contributed by atoms with Gasteiger partial charge in [0.15, 0.2) is 0 Å². The molecule has 3 rings (SSSR count). The maximum atomic E-state index is 12.2. The van der Waals surface area contributed by atoms with Crippen molar-refractivity contribution in [1.29, 1.82) is 0 Å². The van der Waals surface area contributed by atoms with Gasteiger partial charge in [-0.2, -0.15) is 0 Å². The highest BCUT2D eigenvalue weighted by molar-refractivity contribution is 9.10. The molecule has 0 aliphatic heterocycles. The molecule has 0 unspecified atom stereocenters. The molecule has 2 N–H and O–H groups in total. The Morgan fingerprint density at radius 3 is 2.86 bits per heavy atom. The molecule has 0 saturated heterocycles. The van der Waals surface area contributed by atoms with E-state index in [2.05, 4.69) is 31.2 Å². The van der Waals surface area contributed by atoms with Gasteiger partial charge in [-0.25, -0.2) is 4.98 Å². The Morgan fingerprint density at radius 2 is 2.10 bits per heavy atom. The second kappa shape index (κ2) is 5.50. The average Bonchev–Trinajstić information content (AvgIpc) is 2.77. The van der Waals surface area contributed by atoms with Gasteiger partial charge in [0.1, 0.15) is 5.82 Å². The van der Waals surface area contributed by atoms with Crippen LogP contribution in [0.25, 0.3) is 11.0 Å². The van der Waals surface area contributed by atoms with Crippen molar-refractivity contribution in [3.8, 4) is 0 Å². The van der Waals surface area contributed by atoms with E-state index >= 15 is 0 Å². The molecule has 2 aromatic carbocycles. The first kappa shape index (κ1) is 14.1. The van der Waals surface area contributed by atoms with Crippen LogP contribution in [0.1, 0.15) is 16.2 Å². The number of amides is 1. The number of benzene rings is 2. The van der Waals surface area contributed by atoms with Crippen LogP contribution in [0.4, 0.5) is 5.69 Å². The molecule has 1 amide bonds. The molecular weight excluding hydrogens is 354 g/mol. The number of fused-ring (bicyclic) bond motifs is 1. The zero-order chi connectivity index (χ0) is 15.0. The van der Waals surface area contributed by atoms with Crippen LogP contribution < -0.4 is 5.32 Å². The smallest absolute Gasteiger partial charge is 0.255 e. The number of carbonyl (C=O) groups excluding carboxylic acids is 1. The molecule has 1 aromatic heterocycles. The van der Waals surface area contributed by atoms with Gasteiger partial charge in [0, 0.05) is 20.7 Å². The van der Waals surface area contributed by atoms with Crippen LogP contribution in [-0.4, -0.2) is 15.9 Å². The van der Waals surface area contributed by atoms with Gasteiger partial charge in [0.05, 0.1) is 11.0 Å². The molecule has 6 heteroatoms. The Morgan fingerprint density at radius 1 is 1.29 bits per heavy atom. The summed E-state index contributed by atoms with van der Waals surface area (Å²) in [6.45, 7) is 1.89.